The van der Waals surface area contributed by atoms with Gasteiger partial charge in [-0.1, -0.05) is 11.3 Å². The smallest absolute Gasteiger partial charge is 0.407 e. The Morgan fingerprint density at radius 1 is 1.00 bits per heavy atom. The molecule has 6 rings (SSSR count). The van der Waals surface area contributed by atoms with Crippen LogP contribution in [0.4, 0.5) is 4.79 Å². The van der Waals surface area contributed by atoms with Crippen LogP contribution >= 0.6 is 0 Å². The van der Waals surface area contributed by atoms with E-state index in [0.29, 0.717) is 56.6 Å². The van der Waals surface area contributed by atoms with Gasteiger partial charge in [-0.15, -0.1) is 5.10 Å². The van der Waals surface area contributed by atoms with Crippen molar-refractivity contribution in [2.24, 2.45) is 5.92 Å². The van der Waals surface area contributed by atoms with E-state index in [2.05, 4.69) is 32.6 Å². The zero-order valence-corrected chi connectivity index (χ0v) is 20.9. The number of nitrogens with one attached hydrogen (secondary N) is 1. The predicted molar refractivity (Wildman–Crippen MR) is 139 cm³/mol. The van der Waals surface area contributed by atoms with Crippen molar-refractivity contribution >= 4 is 22.9 Å². The molecule has 11 nitrogen and oxygen atoms in total. The second-order valence-corrected chi connectivity index (χ2v) is 9.87. The lowest BCUT2D eigenvalue weighted by molar-refractivity contribution is 0.0303. The van der Waals surface area contributed by atoms with Gasteiger partial charge in [0, 0.05) is 37.1 Å². The second kappa shape index (κ2) is 10.3. The predicted octanol–water partition coefficient (Wildman–Crippen LogP) is 3.22. The van der Waals surface area contributed by atoms with E-state index in [0.717, 1.165) is 41.5 Å². The molecular formula is C27H29N7O4. The van der Waals surface area contributed by atoms with Crippen LogP contribution in [0.5, 0.6) is 0 Å². The van der Waals surface area contributed by atoms with Gasteiger partial charge < -0.3 is 19.6 Å². The van der Waals surface area contributed by atoms with Gasteiger partial charge in [0.2, 0.25) is 0 Å². The first-order valence-corrected chi connectivity index (χ1v) is 12.9. The fourth-order valence-electron chi connectivity index (χ4n) is 5.25. The number of hydrogen-bond acceptors (Lipinski definition) is 6. The average Bonchev–Trinajstić information content (AvgIpc) is 3.61. The highest BCUT2D eigenvalue weighted by atomic mass is 16.5. The van der Waals surface area contributed by atoms with Crippen molar-refractivity contribution in [3.8, 4) is 17.1 Å². The van der Waals surface area contributed by atoms with E-state index in [9.17, 15) is 14.7 Å². The normalized spacial score (nSPS) is 16.7. The number of fused-ring (bicyclic) bond motifs is 1. The summed E-state index contributed by atoms with van der Waals surface area (Å²) in [5.41, 5.74) is 4.93. The van der Waals surface area contributed by atoms with Crippen LogP contribution in [0.15, 0.2) is 48.7 Å². The number of carbonyl (C=O) groups is 2. The standard InChI is InChI=1S/C27H29N7O4/c35-26(32-11-13-38-14-12-32)20-2-4-21(5-3-20)34-17-24(29-31-34)25-22-16-19(1-6-23(22)28-30-25)15-18-7-9-33(10-8-18)27(36)37/h1-6,16-18H,7-15H2,(H,28,30)(H,36,37). The molecule has 38 heavy (non-hydrogen) atoms. The van der Waals surface area contributed by atoms with E-state index < -0.39 is 6.09 Å². The number of morpholine rings is 1. The summed E-state index contributed by atoms with van der Waals surface area (Å²) in [6.45, 7) is 3.53. The molecule has 0 bridgehead atoms. The number of ether oxygens (including phenoxy) is 1. The molecule has 0 saturated carbocycles. The van der Waals surface area contributed by atoms with Crippen LogP contribution in [0.2, 0.25) is 0 Å². The Kier molecular flexibility index (Phi) is 6.50. The number of amides is 2. The summed E-state index contributed by atoms with van der Waals surface area (Å²) >= 11 is 0. The van der Waals surface area contributed by atoms with Gasteiger partial charge in [-0.3, -0.25) is 9.89 Å². The Morgan fingerprint density at radius 3 is 2.50 bits per heavy atom. The Hall–Kier alpha value is -4.25. The lowest BCUT2D eigenvalue weighted by Crippen LogP contribution is -2.40. The molecule has 0 aliphatic carbocycles. The molecule has 0 radical (unpaired) electrons. The highest BCUT2D eigenvalue weighted by Gasteiger charge is 2.23. The molecule has 2 aliphatic heterocycles. The fraction of sp³-hybridized carbons (Fsp3) is 0.370. The first-order chi connectivity index (χ1) is 18.5. The van der Waals surface area contributed by atoms with E-state index >= 15 is 0 Å². The number of piperidine rings is 1. The minimum Gasteiger partial charge on any atom is -0.465 e. The van der Waals surface area contributed by atoms with Crippen LogP contribution in [0.3, 0.4) is 0 Å². The lowest BCUT2D eigenvalue weighted by atomic mass is 9.90. The maximum Gasteiger partial charge on any atom is 0.407 e. The quantitative estimate of drug-likeness (QED) is 0.417. The van der Waals surface area contributed by atoms with Crippen molar-refractivity contribution in [1.29, 1.82) is 0 Å². The van der Waals surface area contributed by atoms with E-state index in [1.807, 2.05) is 41.4 Å². The molecule has 2 fully saturated rings. The number of H-pyrrole nitrogens is 1. The number of carbonyl (C=O) groups excluding carboxylic acids is 1. The van der Waals surface area contributed by atoms with E-state index in [1.54, 1.807) is 4.68 Å². The Labute approximate surface area is 219 Å². The van der Waals surface area contributed by atoms with Crippen LogP contribution < -0.4 is 0 Å². The first-order valence-electron chi connectivity index (χ1n) is 12.9. The number of aromatic amines is 1. The summed E-state index contributed by atoms with van der Waals surface area (Å²) in [6.07, 6.45) is 3.64. The molecule has 0 atom stereocenters. The van der Waals surface area contributed by atoms with Crippen molar-refractivity contribution in [2.45, 2.75) is 19.3 Å². The van der Waals surface area contributed by atoms with Gasteiger partial charge in [-0.25, -0.2) is 9.48 Å². The largest absolute Gasteiger partial charge is 0.465 e. The highest BCUT2D eigenvalue weighted by molar-refractivity contribution is 5.94. The van der Waals surface area contributed by atoms with E-state index in [-0.39, 0.29) is 5.91 Å². The molecule has 196 valence electrons. The molecule has 2 aliphatic rings. The molecule has 2 aromatic heterocycles. The van der Waals surface area contributed by atoms with Crippen molar-refractivity contribution in [1.82, 2.24) is 35.0 Å². The van der Waals surface area contributed by atoms with E-state index in [4.69, 9.17) is 4.74 Å². The van der Waals surface area contributed by atoms with Gasteiger partial charge in [-0.2, -0.15) is 5.10 Å². The first kappa shape index (κ1) is 24.1. The average molecular weight is 516 g/mol. The molecule has 4 aromatic rings. The maximum atomic E-state index is 12.7. The number of carboxylic acid groups (broad SMARTS) is 1. The third-order valence-electron chi connectivity index (χ3n) is 7.45. The monoisotopic (exact) mass is 515 g/mol. The second-order valence-electron chi connectivity index (χ2n) is 9.87. The summed E-state index contributed by atoms with van der Waals surface area (Å²) in [5, 5.41) is 26.4. The van der Waals surface area contributed by atoms with Gasteiger partial charge in [0.05, 0.1) is 30.6 Å². The number of likely N-dealkylation sites (tertiary alicyclic amines) is 1. The lowest BCUT2D eigenvalue weighted by Gasteiger charge is -2.30. The van der Waals surface area contributed by atoms with Gasteiger partial charge in [0.1, 0.15) is 11.4 Å². The maximum absolute atomic E-state index is 12.7. The van der Waals surface area contributed by atoms with Crippen molar-refractivity contribution in [3.63, 3.8) is 0 Å². The van der Waals surface area contributed by atoms with Crippen LogP contribution in [0.1, 0.15) is 28.8 Å². The molecule has 2 N–H and O–H groups in total. The van der Waals surface area contributed by atoms with Gasteiger partial charge in [-0.05, 0) is 67.1 Å². The van der Waals surface area contributed by atoms with Crippen LogP contribution in [-0.4, -0.2) is 91.5 Å². The molecule has 2 aromatic carbocycles. The van der Waals surface area contributed by atoms with Crippen molar-refractivity contribution in [3.05, 3.63) is 59.8 Å². The summed E-state index contributed by atoms with van der Waals surface area (Å²) in [5.74, 6) is 0.461. The fourth-order valence-corrected chi connectivity index (χ4v) is 5.25. The molecule has 0 spiro atoms. The molecule has 11 heteroatoms. The van der Waals surface area contributed by atoms with Gasteiger partial charge in [0.25, 0.3) is 5.91 Å². The third kappa shape index (κ3) is 4.84. The van der Waals surface area contributed by atoms with Crippen LogP contribution in [0, 0.1) is 5.92 Å². The molecule has 2 saturated heterocycles. The number of benzene rings is 2. The van der Waals surface area contributed by atoms with Crippen molar-refractivity contribution < 1.29 is 19.4 Å². The number of nitrogens with zero attached hydrogens (tertiary/aromatic N) is 6. The highest BCUT2D eigenvalue weighted by Crippen LogP contribution is 2.28. The summed E-state index contributed by atoms with van der Waals surface area (Å²) < 4.78 is 7.01. The molecule has 4 heterocycles. The van der Waals surface area contributed by atoms with Gasteiger partial charge >= 0.3 is 6.09 Å². The van der Waals surface area contributed by atoms with Crippen molar-refractivity contribution in [2.75, 3.05) is 39.4 Å². The van der Waals surface area contributed by atoms with Crippen LogP contribution in [0.25, 0.3) is 28.0 Å². The zero-order chi connectivity index (χ0) is 26.1. The van der Waals surface area contributed by atoms with E-state index in [1.165, 1.54) is 10.5 Å². The Morgan fingerprint density at radius 2 is 1.76 bits per heavy atom. The van der Waals surface area contributed by atoms with Gasteiger partial charge in [0.15, 0.2) is 0 Å². The molecule has 0 unspecified atom stereocenters. The Bertz CT molecular complexity index is 1450. The topological polar surface area (TPSA) is 129 Å². The summed E-state index contributed by atoms with van der Waals surface area (Å²) in [4.78, 5) is 27.2. The number of hydrogen-bond donors (Lipinski definition) is 2. The summed E-state index contributed by atoms with van der Waals surface area (Å²) in [7, 11) is 0. The minimum atomic E-state index is -0.835. The number of rotatable bonds is 5. The summed E-state index contributed by atoms with van der Waals surface area (Å²) in [6, 6.07) is 13.6. The SMILES string of the molecule is O=C(O)N1CCC(Cc2ccc3[nH]nc(-c4cn(-c5ccc(C(=O)N6CCOCC6)cc5)nn4)c3c2)CC1. The number of aromatic nitrogens is 5. The molecular weight excluding hydrogens is 486 g/mol. The minimum absolute atomic E-state index is 0.00497. The van der Waals surface area contributed by atoms with Crippen LogP contribution in [-0.2, 0) is 11.2 Å². The molecule has 2 amide bonds. The zero-order valence-electron chi connectivity index (χ0n) is 20.9. The third-order valence-corrected chi connectivity index (χ3v) is 7.45. The Balaban J connectivity index is 1.17.